The first-order valence-corrected chi connectivity index (χ1v) is 7.87. The van der Waals surface area contributed by atoms with Crippen LogP contribution >= 0.6 is 0 Å². The number of hydrogen-bond acceptors (Lipinski definition) is 2. The van der Waals surface area contributed by atoms with E-state index in [9.17, 15) is 9.18 Å². The van der Waals surface area contributed by atoms with Crippen LogP contribution in [0.1, 0.15) is 50.5 Å². The van der Waals surface area contributed by atoms with Crippen LogP contribution in [0.4, 0.5) is 4.39 Å². The number of carbonyl (C=O) groups is 1. The van der Waals surface area contributed by atoms with Crippen molar-refractivity contribution in [2.24, 2.45) is 5.73 Å². The van der Waals surface area contributed by atoms with E-state index >= 15 is 0 Å². The van der Waals surface area contributed by atoms with Crippen LogP contribution < -0.4 is 11.1 Å². The zero-order chi connectivity index (χ0) is 14.9. The van der Waals surface area contributed by atoms with Gasteiger partial charge in [-0.2, -0.15) is 0 Å². The first kappa shape index (κ1) is 14.5. The van der Waals surface area contributed by atoms with E-state index in [1.165, 1.54) is 12.5 Å². The third-order valence-corrected chi connectivity index (χ3v) is 5.08. The summed E-state index contributed by atoms with van der Waals surface area (Å²) in [5.41, 5.74) is 6.16. The molecule has 2 aliphatic carbocycles. The molecule has 0 saturated heterocycles. The van der Waals surface area contributed by atoms with Gasteiger partial charge in [-0.3, -0.25) is 4.79 Å². The topological polar surface area (TPSA) is 55.1 Å². The number of nitrogens with one attached hydrogen (secondary N) is 1. The van der Waals surface area contributed by atoms with E-state index in [1.807, 2.05) is 6.07 Å². The van der Waals surface area contributed by atoms with E-state index in [2.05, 4.69) is 5.32 Å². The van der Waals surface area contributed by atoms with Gasteiger partial charge in [-0.15, -0.1) is 0 Å². The summed E-state index contributed by atoms with van der Waals surface area (Å²) in [6.45, 7) is 0.564. The molecule has 3 N–H and O–H groups in total. The second-order valence-electron chi connectivity index (χ2n) is 6.69. The van der Waals surface area contributed by atoms with Crippen LogP contribution in [0.5, 0.6) is 0 Å². The fourth-order valence-electron chi connectivity index (χ4n) is 3.40. The van der Waals surface area contributed by atoms with Gasteiger partial charge < -0.3 is 11.1 Å². The lowest BCUT2D eigenvalue weighted by atomic mass is 9.69. The van der Waals surface area contributed by atoms with E-state index in [0.29, 0.717) is 6.54 Å². The lowest BCUT2D eigenvalue weighted by Gasteiger charge is -2.38. The van der Waals surface area contributed by atoms with Crippen LogP contribution in [0.25, 0.3) is 0 Å². The number of benzene rings is 1. The van der Waals surface area contributed by atoms with Gasteiger partial charge in [0.05, 0.1) is 5.54 Å². The molecule has 1 aromatic carbocycles. The van der Waals surface area contributed by atoms with Crippen molar-refractivity contribution in [2.45, 2.75) is 55.9 Å². The summed E-state index contributed by atoms with van der Waals surface area (Å²) < 4.78 is 13.6. The van der Waals surface area contributed by atoms with Gasteiger partial charge in [-0.05, 0) is 43.4 Å². The Morgan fingerprint density at radius 3 is 2.52 bits per heavy atom. The van der Waals surface area contributed by atoms with Crippen molar-refractivity contribution in [1.29, 1.82) is 0 Å². The van der Waals surface area contributed by atoms with Crippen molar-refractivity contribution in [1.82, 2.24) is 5.32 Å². The molecule has 114 valence electrons. The normalized spacial score (nSPS) is 22.6. The third-order valence-electron chi connectivity index (χ3n) is 5.08. The Morgan fingerprint density at radius 2 is 1.90 bits per heavy atom. The Morgan fingerprint density at radius 1 is 1.19 bits per heavy atom. The molecular formula is C17H23FN2O. The molecular weight excluding hydrogens is 267 g/mol. The number of carbonyl (C=O) groups excluding carboxylic acids is 1. The summed E-state index contributed by atoms with van der Waals surface area (Å²) in [5, 5.41) is 3.03. The zero-order valence-corrected chi connectivity index (χ0v) is 12.3. The number of hydrogen-bond donors (Lipinski definition) is 2. The molecule has 0 spiro atoms. The summed E-state index contributed by atoms with van der Waals surface area (Å²) in [5.74, 6) is -0.259. The van der Waals surface area contributed by atoms with E-state index in [4.69, 9.17) is 5.73 Å². The number of amides is 1. The molecule has 0 bridgehead atoms. The smallest absolute Gasteiger partial charge is 0.240 e. The van der Waals surface area contributed by atoms with Crippen LogP contribution in [0.15, 0.2) is 24.3 Å². The molecule has 0 heterocycles. The largest absolute Gasteiger partial charge is 0.354 e. The second-order valence-corrected chi connectivity index (χ2v) is 6.69. The molecule has 3 rings (SSSR count). The molecule has 0 aliphatic heterocycles. The average Bonchev–Trinajstić information content (AvgIpc) is 3.25. The number of nitrogens with two attached hydrogens (primary N) is 1. The highest BCUT2D eigenvalue weighted by Crippen LogP contribution is 2.40. The summed E-state index contributed by atoms with van der Waals surface area (Å²) in [7, 11) is 0. The van der Waals surface area contributed by atoms with Crippen LogP contribution in [-0.2, 0) is 10.2 Å². The minimum Gasteiger partial charge on any atom is -0.354 e. The van der Waals surface area contributed by atoms with Crippen molar-refractivity contribution < 1.29 is 9.18 Å². The van der Waals surface area contributed by atoms with Gasteiger partial charge in [0, 0.05) is 12.0 Å². The predicted molar refractivity (Wildman–Crippen MR) is 80.3 cm³/mol. The maximum Gasteiger partial charge on any atom is 0.240 e. The lowest BCUT2D eigenvalue weighted by Crippen LogP contribution is -2.49. The molecule has 3 nitrogen and oxygen atoms in total. The fourth-order valence-corrected chi connectivity index (χ4v) is 3.40. The molecule has 2 saturated carbocycles. The molecule has 0 atom stereocenters. The third kappa shape index (κ3) is 2.95. The summed E-state index contributed by atoms with van der Waals surface area (Å²) in [6.07, 6.45) is 6.99. The number of halogens is 1. The molecule has 0 aromatic heterocycles. The van der Waals surface area contributed by atoms with Gasteiger partial charge in [0.15, 0.2) is 0 Å². The first-order valence-electron chi connectivity index (χ1n) is 7.87. The number of rotatable bonds is 4. The van der Waals surface area contributed by atoms with Crippen molar-refractivity contribution in [3.8, 4) is 0 Å². The standard InChI is InChI=1S/C17H23FN2O/c18-14-6-4-5-13(11-14)16(7-2-1-3-8-16)12-20-15(21)17(19)9-10-17/h4-6,11H,1-3,7-10,12,19H2,(H,20,21). The summed E-state index contributed by atoms with van der Waals surface area (Å²) in [4.78, 5) is 12.1. The SMILES string of the molecule is NC1(C(=O)NCC2(c3cccc(F)c3)CCCCC2)CC1. The molecule has 2 fully saturated rings. The zero-order valence-electron chi connectivity index (χ0n) is 12.3. The van der Waals surface area contributed by atoms with E-state index in [-0.39, 0.29) is 17.1 Å². The second kappa shape index (κ2) is 5.41. The first-order chi connectivity index (χ1) is 10.0. The van der Waals surface area contributed by atoms with Crippen LogP contribution in [0.2, 0.25) is 0 Å². The lowest BCUT2D eigenvalue weighted by molar-refractivity contribution is -0.123. The Balaban J connectivity index is 1.78. The van der Waals surface area contributed by atoms with E-state index in [0.717, 1.165) is 44.1 Å². The summed E-state index contributed by atoms with van der Waals surface area (Å²) >= 11 is 0. The fraction of sp³-hybridized carbons (Fsp3) is 0.588. The molecule has 0 unspecified atom stereocenters. The van der Waals surface area contributed by atoms with Crippen molar-refractivity contribution >= 4 is 5.91 Å². The maximum atomic E-state index is 13.6. The molecule has 1 aromatic rings. The van der Waals surface area contributed by atoms with E-state index < -0.39 is 5.54 Å². The van der Waals surface area contributed by atoms with Gasteiger partial charge in [-0.25, -0.2) is 4.39 Å². The molecule has 21 heavy (non-hydrogen) atoms. The van der Waals surface area contributed by atoms with Crippen molar-refractivity contribution in [2.75, 3.05) is 6.54 Å². The van der Waals surface area contributed by atoms with Crippen molar-refractivity contribution in [3.05, 3.63) is 35.6 Å². The van der Waals surface area contributed by atoms with Gasteiger partial charge in [-0.1, -0.05) is 31.4 Å². The van der Waals surface area contributed by atoms with Crippen LogP contribution in [0.3, 0.4) is 0 Å². The molecule has 0 radical (unpaired) electrons. The molecule has 1 amide bonds. The Bertz CT molecular complexity index is 533. The Labute approximate surface area is 125 Å². The van der Waals surface area contributed by atoms with Crippen LogP contribution in [-0.4, -0.2) is 18.0 Å². The maximum absolute atomic E-state index is 13.6. The van der Waals surface area contributed by atoms with Crippen LogP contribution in [0, 0.1) is 5.82 Å². The predicted octanol–water partition coefficient (Wildman–Crippen LogP) is 2.64. The highest BCUT2D eigenvalue weighted by atomic mass is 19.1. The minimum atomic E-state index is -0.641. The van der Waals surface area contributed by atoms with E-state index in [1.54, 1.807) is 12.1 Å². The van der Waals surface area contributed by atoms with Gasteiger partial charge in [0.25, 0.3) is 0 Å². The van der Waals surface area contributed by atoms with Gasteiger partial charge in [0.2, 0.25) is 5.91 Å². The average molecular weight is 290 g/mol. The summed E-state index contributed by atoms with van der Waals surface area (Å²) in [6, 6.07) is 6.83. The molecule has 2 aliphatic rings. The highest BCUT2D eigenvalue weighted by molar-refractivity contribution is 5.89. The van der Waals surface area contributed by atoms with Gasteiger partial charge in [0.1, 0.15) is 5.82 Å². The highest BCUT2D eigenvalue weighted by Gasteiger charge is 2.46. The Kier molecular flexibility index (Phi) is 3.74. The van der Waals surface area contributed by atoms with Crippen molar-refractivity contribution in [3.63, 3.8) is 0 Å². The minimum absolute atomic E-state index is 0.0520. The Hall–Kier alpha value is -1.42. The van der Waals surface area contributed by atoms with Gasteiger partial charge >= 0.3 is 0 Å². The molecule has 4 heteroatoms. The quantitative estimate of drug-likeness (QED) is 0.895. The monoisotopic (exact) mass is 290 g/mol.